The Kier molecular flexibility index (Phi) is 9.25. The Hall–Kier alpha value is -0.0300. The molecular formula is C12H27Cl2N3O. The standard InChI is InChI=1S/C12H25N3O.2ClH/c1-10(2)9-14-5-7-15(8-6-14)11(16)12(3,4)13;;/h10H,5-9,13H2,1-4H3;2*1H. The molecule has 110 valence electrons. The minimum atomic E-state index is -0.736. The van der Waals surface area contributed by atoms with Crippen molar-refractivity contribution >= 4 is 30.7 Å². The number of hydrogen-bond donors (Lipinski definition) is 1. The lowest BCUT2D eigenvalue weighted by Crippen LogP contribution is -2.57. The molecule has 0 aromatic carbocycles. The number of nitrogens with two attached hydrogens (primary N) is 1. The van der Waals surface area contributed by atoms with Crippen molar-refractivity contribution in [1.82, 2.24) is 9.80 Å². The largest absolute Gasteiger partial charge is 0.339 e. The maximum atomic E-state index is 11.9. The average Bonchev–Trinajstić information content (AvgIpc) is 2.15. The van der Waals surface area contributed by atoms with E-state index in [2.05, 4.69) is 18.7 Å². The summed E-state index contributed by atoms with van der Waals surface area (Å²) >= 11 is 0. The Balaban J connectivity index is 0. The van der Waals surface area contributed by atoms with Crippen LogP contribution in [0.3, 0.4) is 0 Å². The Labute approximate surface area is 123 Å². The van der Waals surface area contributed by atoms with E-state index in [1.165, 1.54) is 0 Å². The molecule has 1 saturated heterocycles. The summed E-state index contributed by atoms with van der Waals surface area (Å²) in [6.45, 7) is 12.7. The zero-order chi connectivity index (χ0) is 12.3. The van der Waals surface area contributed by atoms with E-state index in [1.54, 1.807) is 13.8 Å². The lowest BCUT2D eigenvalue weighted by Gasteiger charge is -2.38. The summed E-state index contributed by atoms with van der Waals surface area (Å²) in [5.74, 6) is 0.755. The zero-order valence-corrected chi connectivity index (χ0v) is 13.4. The van der Waals surface area contributed by atoms with Crippen molar-refractivity contribution < 1.29 is 4.79 Å². The monoisotopic (exact) mass is 299 g/mol. The zero-order valence-electron chi connectivity index (χ0n) is 11.8. The van der Waals surface area contributed by atoms with E-state index < -0.39 is 5.54 Å². The van der Waals surface area contributed by atoms with Gasteiger partial charge in [0.25, 0.3) is 0 Å². The third-order valence-electron chi connectivity index (χ3n) is 2.83. The molecule has 1 heterocycles. The third kappa shape index (κ3) is 6.23. The van der Waals surface area contributed by atoms with Gasteiger partial charge in [0.15, 0.2) is 0 Å². The second-order valence-electron chi connectivity index (χ2n) is 5.71. The number of nitrogens with zero attached hydrogens (tertiary/aromatic N) is 2. The SMILES string of the molecule is CC(C)CN1CCN(C(=O)C(C)(C)N)CC1.Cl.Cl. The summed E-state index contributed by atoms with van der Waals surface area (Å²) < 4.78 is 0. The highest BCUT2D eigenvalue weighted by atomic mass is 35.5. The number of carbonyl (C=O) groups is 1. The molecule has 0 spiro atoms. The highest BCUT2D eigenvalue weighted by molar-refractivity contribution is 5.86. The van der Waals surface area contributed by atoms with Gasteiger partial charge in [-0.25, -0.2) is 0 Å². The first kappa shape index (κ1) is 20.3. The maximum absolute atomic E-state index is 11.9. The molecule has 0 unspecified atom stereocenters. The smallest absolute Gasteiger partial charge is 0.242 e. The summed E-state index contributed by atoms with van der Waals surface area (Å²) in [5, 5.41) is 0. The van der Waals surface area contributed by atoms with Crippen molar-refractivity contribution in [2.24, 2.45) is 11.7 Å². The second kappa shape index (κ2) is 8.20. The molecule has 4 nitrogen and oxygen atoms in total. The normalized spacial score (nSPS) is 17.1. The molecule has 1 fully saturated rings. The van der Waals surface area contributed by atoms with Crippen LogP contribution in [0.4, 0.5) is 0 Å². The first-order valence-electron chi connectivity index (χ1n) is 6.11. The van der Waals surface area contributed by atoms with Crippen molar-refractivity contribution in [2.75, 3.05) is 32.7 Å². The molecule has 0 aliphatic carbocycles. The van der Waals surface area contributed by atoms with Crippen LogP contribution in [-0.4, -0.2) is 54.0 Å². The van der Waals surface area contributed by atoms with E-state index >= 15 is 0 Å². The van der Waals surface area contributed by atoms with Crippen molar-refractivity contribution in [1.29, 1.82) is 0 Å². The van der Waals surface area contributed by atoms with Crippen LogP contribution in [0.15, 0.2) is 0 Å². The maximum Gasteiger partial charge on any atom is 0.242 e. The summed E-state index contributed by atoms with van der Waals surface area (Å²) in [4.78, 5) is 16.2. The van der Waals surface area contributed by atoms with Gasteiger partial charge in [-0.15, -0.1) is 24.8 Å². The van der Waals surface area contributed by atoms with Gasteiger partial charge in [-0.3, -0.25) is 9.69 Å². The van der Waals surface area contributed by atoms with Gasteiger partial charge in [-0.05, 0) is 19.8 Å². The minimum Gasteiger partial charge on any atom is -0.339 e. The first-order valence-corrected chi connectivity index (χ1v) is 6.11. The van der Waals surface area contributed by atoms with E-state index in [0.29, 0.717) is 5.92 Å². The summed E-state index contributed by atoms with van der Waals surface area (Å²) in [5.41, 5.74) is 5.08. The number of rotatable bonds is 3. The van der Waals surface area contributed by atoms with Gasteiger partial charge >= 0.3 is 0 Å². The molecule has 0 bridgehead atoms. The van der Waals surface area contributed by atoms with Gasteiger partial charge in [0.05, 0.1) is 5.54 Å². The number of halogens is 2. The van der Waals surface area contributed by atoms with Crippen LogP contribution in [0, 0.1) is 5.92 Å². The highest BCUT2D eigenvalue weighted by Gasteiger charge is 2.30. The lowest BCUT2D eigenvalue weighted by atomic mass is 10.0. The molecule has 0 aromatic rings. The first-order chi connectivity index (χ1) is 7.30. The molecule has 1 aliphatic rings. The van der Waals surface area contributed by atoms with Gasteiger partial charge in [0.1, 0.15) is 0 Å². The van der Waals surface area contributed by atoms with Crippen LogP contribution >= 0.6 is 24.8 Å². The fraction of sp³-hybridized carbons (Fsp3) is 0.917. The Morgan fingerprint density at radius 1 is 1.17 bits per heavy atom. The predicted molar refractivity (Wildman–Crippen MR) is 80.6 cm³/mol. The van der Waals surface area contributed by atoms with Gasteiger partial charge < -0.3 is 10.6 Å². The number of hydrogen-bond acceptors (Lipinski definition) is 3. The van der Waals surface area contributed by atoms with Crippen molar-refractivity contribution in [2.45, 2.75) is 33.2 Å². The molecule has 1 aliphatic heterocycles. The predicted octanol–water partition coefficient (Wildman–Crippen LogP) is 1.37. The van der Waals surface area contributed by atoms with Crippen LogP contribution in [0.5, 0.6) is 0 Å². The van der Waals surface area contributed by atoms with Crippen LogP contribution in [0.1, 0.15) is 27.7 Å². The highest BCUT2D eigenvalue weighted by Crippen LogP contribution is 2.09. The molecule has 0 atom stereocenters. The fourth-order valence-corrected chi connectivity index (χ4v) is 2.06. The Morgan fingerprint density at radius 3 is 1.94 bits per heavy atom. The summed E-state index contributed by atoms with van der Waals surface area (Å²) in [7, 11) is 0. The molecule has 0 aromatic heterocycles. The summed E-state index contributed by atoms with van der Waals surface area (Å²) in [6.07, 6.45) is 0. The molecule has 1 rings (SSSR count). The summed E-state index contributed by atoms with van der Waals surface area (Å²) in [6, 6.07) is 0. The lowest BCUT2D eigenvalue weighted by molar-refractivity contribution is -0.137. The minimum absolute atomic E-state index is 0. The van der Waals surface area contributed by atoms with Crippen LogP contribution in [-0.2, 0) is 4.79 Å². The molecule has 0 saturated carbocycles. The average molecular weight is 300 g/mol. The quantitative estimate of drug-likeness (QED) is 0.856. The number of amides is 1. The topological polar surface area (TPSA) is 49.6 Å². The third-order valence-corrected chi connectivity index (χ3v) is 2.83. The number of carbonyl (C=O) groups excluding carboxylic acids is 1. The molecule has 6 heteroatoms. The fourth-order valence-electron chi connectivity index (χ4n) is 2.06. The van der Waals surface area contributed by atoms with Gasteiger partial charge in [-0.2, -0.15) is 0 Å². The number of piperazine rings is 1. The Morgan fingerprint density at radius 2 is 1.61 bits per heavy atom. The van der Waals surface area contributed by atoms with Crippen molar-refractivity contribution in [3.63, 3.8) is 0 Å². The van der Waals surface area contributed by atoms with Crippen LogP contribution in [0.25, 0.3) is 0 Å². The van der Waals surface area contributed by atoms with Gasteiger partial charge in [0, 0.05) is 32.7 Å². The van der Waals surface area contributed by atoms with E-state index in [0.717, 1.165) is 32.7 Å². The van der Waals surface area contributed by atoms with Gasteiger partial charge in [0.2, 0.25) is 5.91 Å². The Bertz CT molecular complexity index is 246. The van der Waals surface area contributed by atoms with Crippen molar-refractivity contribution in [3.8, 4) is 0 Å². The molecule has 2 N–H and O–H groups in total. The van der Waals surface area contributed by atoms with Crippen LogP contribution < -0.4 is 5.73 Å². The van der Waals surface area contributed by atoms with E-state index in [4.69, 9.17) is 5.73 Å². The van der Waals surface area contributed by atoms with Crippen molar-refractivity contribution in [3.05, 3.63) is 0 Å². The molecule has 18 heavy (non-hydrogen) atoms. The molecule has 0 radical (unpaired) electrons. The molecular weight excluding hydrogens is 273 g/mol. The van der Waals surface area contributed by atoms with E-state index in [1.807, 2.05) is 4.90 Å². The van der Waals surface area contributed by atoms with E-state index in [-0.39, 0.29) is 30.7 Å². The van der Waals surface area contributed by atoms with E-state index in [9.17, 15) is 4.79 Å². The second-order valence-corrected chi connectivity index (χ2v) is 5.71. The van der Waals surface area contributed by atoms with Gasteiger partial charge in [-0.1, -0.05) is 13.8 Å². The van der Waals surface area contributed by atoms with Crippen LogP contribution in [0.2, 0.25) is 0 Å². The molecule has 1 amide bonds.